The lowest BCUT2D eigenvalue weighted by Crippen LogP contribution is -2.40. The van der Waals surface area contributed by atoms with E-state index in [0.717, 1.165) is 18.4 Å². The van der Waals surface area contributed by atoms with E-state index in [-0.39, 0.29) is 12.1 Å². The van der Waals surface area contributed by atoms with E-state index in [0.29, 0.717) is 24.6 Å². The summed E-state index contributed by atoms with van der Waals surface area (Å²) in [6.07, 6.45) is 1.69. The maximum Gasteiger partial charge on any atom is 0.243 e. The summed E-state index contributed by atoms with van der Waals surface area (Å²) in [7, 11) is -3.41. The number of hydrogen-bond donors (Lipinski definition) is 1. The van der Waals surface area contributed by atoms with Crippen LogP contribution in [0.1, 0.15) is 38.3 Å². The molecule has 0 aromatic heterocycles. The zero-order valence-corrected chi connectivity index (χ0v) is 13.5. The molecule has 0 saturated carbocycles. The maximum absolute atomic E-state index is 12.6. The van der Waals surface area contributed by atoms with Crippen LogP contribution in [-0.2, 0) is 14.8 Å². The van der Waals surface area contributed by atoms with Crippen molar-refractivity contribution in [1.82, 2.24) is 4.31 Å². The van der Waals surface area contributed by atoms with Crippen molar-refractivity contribution in [2.45, 2.75) is 43.7 Å². The van der Waals surface area contributed by atoms with Crippen molar-refractivity contribution in [3.63, 3.8) is 0 Å². The number of nitrogens with zero attached hydrogens (tertiary/aromatic N) is 1. The number of benzene rings is 1. The first-order valence-corrected chi connectivity index (χ1v) is 8.86. The summed E-state index contributed by atoms with van der Waals surface area (Å²) in [6.45, 7) is 5.55. The lowest BCUT2D eigenvalue weighted by atomic mass is 10.1. The van der Waals surface area contributed by atoms with Gasteiger partial charge in [-0.25, -0.2) is 8.42 Å². The van der Waals surface area contributed by atoms with Gasteiger partial charge in [-0.15, -0.1) is 0 Å². The molecule has 2 N–H and O–H groups in total. The van der Waals surface area contributed by atoms with Gasteiger partial charge in [-0.05, 0) is 44.4 Å². The summed E-state index contributed by atoms with van der Waals surface area (Å²) in [5, 5.41) is 0. The predicted octanol–water partition coefficient (Wildman–Crippen LogP) is 1.90. The monoisotopic (exact) mass is 312 g/mol. The molecule has 1 aliphatic rings. The highest BCUT2D eigenvalue weighted by atomic mass is 32.2. The van der Waals surface area contributed by atoms with Crippen LogP contribution in [0.5, 0.6) is 0 Å². The Morgan fingerprint density at radius 1 is 1.29 bits per heavy atom. The van der Waals surface area contributed by atoms with E-state index in [1.54, 1.807) is 28.6 Å². The minimum atomic E-state index is -3.41. The second-order valence-electron chi connectivity index (χ2n) is 5.42. The summed E-state index contributed by atoms with van der Waals surface area (Å²) in [6, 6.07) is 6.75. The number of hydrogen-bond acceptors (Lipinski definition) is 4. The molecule has 0 bridgehead atoms. The summed E-state index contributed by atoms with van der Waals surface area (Å²) < 4.78 is 32.3. The topological polar surface area (TPSA) is 72.6 Å². The van der Waals surface area contributed by atoms with Crippen LogP contribution in [0, 0.1) is 0 Å². The lowest BCUT2D eigenvalue weighted by Gasteiger charge is -2.31. The summed E-state index contributed by atoms with van der Waals surface area (Å²) in [5.41, 5.74) is 6.72. The third-order valence-electron chi connectivity index (χ3n) is 3.85. The van der Waals surface area contributed by atoms with Gasteiger partial charge in [0.2, 0.25) is 10.0 Å². The van der Waals surface area contributed by atoms with Crippen LogP contribution in [-0.4, -0.2) is 38.5 Å². The SMILES string of the molecule is CCOC1CCN(S(=O)(=O)c2ccc(C(C)N)cc2)CC1. The van der Waals surface area contributed by atoms with Gasteiger partial charge in [-0.3, -0.25) is 0 Å². The standard InChI is InChI=1S/C15H24N2O3S/c1-3-20-14-8-10-17(11-9-14)21(18,19)15-6-4-13(5-7-15)12(2)16/h4-7,12,14H,3,8-11,16H2,1-2H3. The second kappa shape index (κ2) is 6.87. The summed E-state index contributed by atoms with van der Waals surface area (Å²) >= 11 is 0. The molecule has 1 fully saturated rings. The number of rotatable bonds is 5. The molecule has 0 spiro atoms. The third-order valence-corrected chi connectivity index (χ3v) is 5.76. The fraction of sp³-hybridized carbons (Fsp3) is 0.600. The molecule has 1 atom stereocenters. The van der Waals surface area contributed by atoms with Crippen LogP contribution in [0.3, 0.4) is 0 Å². The van der Waals surface area contributed by atoms with Gasteiger partial charge in [-0.2, -0.15) is 4.31 Å². The predicted molar refractivity (Wildman–Crippen MR) is 82.5 cm³/mol. The van der Waals surface area contributed by atoms with Crippen molar-refractivity contribution in [2.24, 2.45) is 5.73 Å². The molecule has 1 aromatic carbocycles. The van der Waals surface area contributed by atoms with E-state index >= 15 is 0 Å². The quantitative estimate of drug-likeness (QED) is 0.901. The Morgan fingerprint density at radius 2 is 1.86 bits per heavy atom. The second-order valence-corrected chi connectivity index (χ2v) is 7.35. The Morgan fingerprint density at radius 3 is 2.33 bits per heavy atom. The van der Waals surface area contributed by atoms with Gasteiger partial charge in [0.15, 0.2) is 0 Å². The van der Waals surface area contributed by atoms with E-state index in [2.05, 4.69) is 0 Å². The average molecular weight is 312 g/mol. The van der Waals surface area contributed by atoms with Gasteiger partial charge < -0.3 is 10.5 Å². The molecule has 0 radical (unpaired) electrons. The Labute approximate surface area is 127 Å². The molecule has 1 aromatic rings. The number of nitrogens with two attached hydrogens (primary N) is 1. The smallest absolute Gasteiger partial charge is 0.243 e. The minimum Gasteiger partial charge on any atom is -0.378 e. The van der Waals surface area contributed by atoms with Crippen molar-refractivity contribution < 1.29 is 13.2 Å². The van der Waals surface area contributed by atoms with Crippen LogP contribution >= 0.6 is 0 Å². The Kier molecular flexibility index (Phi) is 5.37. The highest BCUT2D eigenvalue weighted by Crippen LogP contribution is 2.23. The molecule has 21 heavy (non-hydrogen) atoms. The van der Waals surface area contributed by atoms with Crippen LogP contribution in [0.2, 0.25) is 0 Å². The van der Waals surface area contributed by atoms with E-state index in [1.807, 2.05) is 13.8 Å². The first-order valence-electron chi connectivity index (χ1n) is 7.42. The van der Waals surface area contributed by atoms with Gasteiger partial charge >= 0.3 is 0 Å². The molecular weight excluding hydrogens is 288 g/mol. The van der Waals surface area contributed by atoms with Gasteiger partial charge in [0.05, 0.1) is 11.0 Å². The number of sulfonamides is 1. The number of ether oxygens (including phenoxy) is 1. The van der Waals surface area contributed by atoms with E-state index in [1.165, 1.54) is 0 Å². The first kappa shape index (κ1) is 16.4. The minimum absolute atomic E-state index is 0.0938. The van der Waals surface area contributed by atoms with Crippen molar-refractivity contribution in [3.05, 3.63) is 29.8 Å². The Bertz CT molecular complexity index is 547. The summed E-state index contributed by atoms with van der Waals surface area (Å²) in [5.74, 6) is 0. The largest absolute Gasteiger partial charge is 0.378 e. The van der Waals surface area contributed by atoms with Crippen LogP contribution < -0.4 is 5.73 Å². The fourth-order valence-corrected chi connectivity index (χ4v) is 4.04. The average Bonchev–Trinajstić information content (AvgIpc) is 2.48. The Balaban J connectivity index is 2.08. The molecule has 6 heteroatoms. The molecule has 0 amide bonds. The first-order chi connectivity index (χ1) is 9.95. The van der Waals surface area contributed by atoms with Crippen LogP contribution in [0.25, 0.3) is 0 Å². The van der Waals surface area contributed by atoms with Crippen molar-refractivity contribution in [3.8, 4) is 0 Å². The van der Waals surface area contributed by atoms with Crippen molar-refractivity contribution in [1.29, 1.82) is 0 Å². The van der Waals surface area contributed by atoms with Gasteiger partial charge in [-0.1, -0.05) is 12.1 Å². The van der Waals surface area contributed by atoms with E-state index in [9.17, 15) is 8.42 Å². The van der Waals surface area contributed by atoms with Gasteiger partial charge in [0, 0.05) is 25.7 Å². The van der Waals surface area contributed by atoms with Gasteiger partial charge in [0.25, 0.3) is 0 Å². The lowest BCUT2D eigenvalue weighted by molar-refractivity contribution is 0.0290. The molecule has 0 aliphatic carbocycles. The molecule has 2 rings (SSSR count). The molecule has 1 heterocycles. The molecule has 1 aliphatic heterocycles. The highest BCUT2D eigenvalue weighted by molar-refractivity contribution is 7.89. The van der Waals surface area contributed by atoms with E-state index in [4.69, 9.17) is 10.5 Å². The van der Waals surface area contributed by atoms with Gasteiger partial charge in [0.1, 0.15) is 0 Å². The fourth-order valence-electron chi connectivity index (χ4n) is 2.57. The molecule has 1 unspecified atom stereocenters. The zero-order chi connectivity index (χ0) is 15.5. The highest BCUT2D eigenvalue weighted by Gasteiger charge is 2.29. The van der Waals surface area contributed by atoms with Crippen molar-refractivity contribution >= 4 is 10.0 Å². The number of piperidine rings is 1. The van der Waals surface area contributed by atoms with E-state index < -0.39 is 10.0 Å². The third kappa shape index (κ3) is 3.83. The van der Waals surface area contributed by atoms with Crippen LogP contribution in [0.4, 0.5) is 0 Å². The molecule has 118 valence electrons. The zero-order valence-electron chi connectivity index (χ0n) is 12.7. The molecule has 1 saturated heterocycles. The summed E-state index contributed by atoms with van der Waals surface area (Å²) in [4.78, 5) is 0.335. The Hall–Kier alpha value is -0.950. The normalized spacial score (nSPS) is 19.6. The van der Waals surface area contributed by atoms with Crippen molar-refractivity contribution in [2.75, 3.05) is 19.7 Å². The molecule has 5 nitrogen and oxygen atoms in total. The maximum atomic E-state index is 12.6. The van der Waals surface area contributed by atoms with Crippen LogP contribution in [0.15, 0.2) is 29.2 Å². The molecular formula is C15H24N2O3S.